The van der Waals surface area contributed by atoms with Crippen LogP contribution in [0.25, 0.3) is 0 Å². The van der Waals surface area contributed by atoms with E-state index < -0.39 is 0 Å². The molecule has 4 heteroatoms. The van der Waals surface area contributed by atoms with Gasteiger partial charge in [-0.05, 0) is 57.5 Å². The predicted octanol–water partition coefficient (Wildman–Crippen LogP) is 2.87. The van der Waals surface area contributed by atoms with Crippen LogP contribution in [-0.4, -0.2) is 44.2 Å². The van der Waals surface area contributed by atoms with Crippen molar-refractivity contribution < 1.29 is 0 Å². The van der Waals surface area contributed by atoms with Gasteiger partial charge in [0.05, 0.1) is 0 Å². The largest absolute Gasteiger partial charge is 0.373 e. The molecule has 3 nitrogen and oxygen atoms in total. The van der Waals surface area contributed by atoms with E-state index in [4.69, 9.17) is 5.73 Å². The first-order chi connectivity index (χ1) is 9.47. The lowest BCUT2D eigenvalue weighted by molar-refractivity contribution is 0.314. The zero-order valence-electron chi connectivity index (χ0n) is 12.8. The maximum absolute atomic E-state index is 5.88. The highest BCUT2D eigenvalue weighted by molar-refractivity contribution is 9.10. The molecule has 1 saturated heterocycles. The first-order valence-electron chi connectivity index (χ1n) is 7.42. The standard InChI is InChI=1S/C16H26BrN3/c1-12(18)9-13-6-7-14(10-16(13)17)20(3)11-15-5-4-8-19(15)2/h6-7,10,12,15H,4-5,8-9,11,18H2,1-3H3. The van der Waals surface area contributed by atoms with Gasteiger partial charge in [0.2, 0.25) is 0 Å². The van der Waals surface area contributed by atoms with Crippen molar-refractivity contribution in [2.24, 2.45) is 5.73 Å². The van der Waals surface area contributed by atoms with Crippen molar-refractivity contribution in [3.8, 4) is 0 Å². The van der Waals surface area contributed by atoms with Crippen LogP contribution < -0.4 is 10.6 Å². The maximum atomic E-state index is 5.88. The minimum absolute atomic E-state index is 0.196. The molecule has 0 amide bonds. The fourth-order valence-corrected chi connectivity index (χ4v) is 3.45. The normalized spacial score (nSPS) is 21.1. The monoisotopic (exact) mass is 339 g/mol. The average Bonchev–Trinajstić information content (AvgIpc) is 2.77. The lowest BCUT2D eigenvalue weighted by Gasteiger charge is -2.27. The molecule has 2 rings (SSSR count). The van der Waals surface area contributed by atoms with E-state index >= 15 is 0 Å². The number of rotatable bonds is 5. The van der Waals surface area contributed by atoms with Gasteiger partial charge in [0.25, 0.3) is 0 Å². The second-order valence-corrected chi connectivity index (χ2v) is 6.97. The van der Waals surface area contributed by atoms with Gasteiger partial charge in [-0.3, -0.25) is 0 Å². The molecule has 0 aromatic heterocycles. The summed E-state index contributed by atoms with van der Waals surface area (Å²) in [7, 11) is 4.41. The van der Waals surface area contributed by atoms with Crippen molar-refractivity contribution in [2.75, 3.05) is 32.1 Å². The van der Waals surface area contributed by atoms with E-state index in [1.165, 1.54) is 35.1 Å². The quantitative estimate of drug-likeness (QED) is 0.895. The van der Waals surface area contributed by atoms with Crippen molar-refractivity contribution in [1.29, 1.82) is 0 Å². The molecule has 2 atom stereocenters. The number of nitrogens with zero attached hydrogens (tertiary/aromatic N) is 2. The molecule has 0 spiro atoms. The smallest absolute Gasteiger partial charge is 0.0375 e. The Labute approximate surface area is 131 Å². The molecule has 1 aliphatic rings. The summed E-state index contributed by atoms with van der Waals surface area (Å²) < 4.78 is 1.17. The molecule has 0 bridgehead atoms. The molecule has 1 aliphatic heterocycles. The number of hydrogen-bond acceptors (Lipinski definition) is 3. The number of anilines is 1. The van der Waals surface area contributed by atoms with Gasteiger partial charge in [-0.1, -0.05) is 22.0 Å². The minimum atomic E-state index is 0.196. The van der Waals surface area contributed by atoms with Crippen LogP contribution in [0.15, 0.2) is 22.7 Å². The molecule has 1 aromatic carbocycles. The summed E-state index contributed by atoms with van der Waals surface area (Å²) in [6, 6.07) is 7.49. The summed E-state index contributed by atoms with van der Waals surface area (Å²) in [6.07, 6.45) is 3.55. The highest BCUT2D eigenvalue weighted by Gasteiger charge is 2.22. The molecule has 0 radical (unpaired) electrons. The lowest BCUT2D eigenvalue weighted by Crippen LogP contribution is -2.36. The van der Waals surface area contributed by atoms with Crippen LogP contribution in [0, 0.1) is 0 Å². The fourth-order valence-electron chi connectivity index (χ4n) is 2.92. The molecule has 1 heterocycles. The van der Waals surface area contributed by atoms with E-state index in [9.17, 15) is 0 Å². The summed E-state index contributed by atoms with van der Waals surface area (Å²) in [5.41, 5.74) is 8.43. The molecular formula is C16H26BrN3. The van der Waals surface area contributed by atoms with Crippen LogP contribution in [0.5, 0.6) is 0 Å². The summed E-state index contributed by atoms with van der Waals surface area (Å²) in [6.45, 7) is 4.37. The molecule has 0 aliphatic carbocycles. The zero-order chi connectivity index (χ0) is 14.7. The van der Waals surface area contributed by atoms with Crippen LogP contribution in [0.2, 0.25) is 0 Å². The number of likely N-dealkylation sites (N-methyl/N-ethyl adjacent to an activating group) is 2. The minimum Gasteiger partial charge on any atom is -0.373 e. The Bertz CT molecular complexity index is 447. The third kappa shape index (κ3) is 3.96. The van der Waals surface area contributed by atoms with Crippen molar-refractivity contribution in [3.05, 3.63) is 28.2 Å². The summed E-state index contributed by atoms with van der Waals surface area (Å²) in [5, 5.41) is 0. The van der Waals surface area contributed by atoms with Crippen molar-refractivity contribution in [3.63, 3.8) is 0 Å². The number of likely N-dealkylation sites (tertiary alicyclic amines) is 1. The number of benzene rings is 1. The fraction of sp³-hybridized carbons (Fsp3) is 0.625. The molecule has 1 aromatic rings. The Balaban J connectivity index is 2.03. The van der Waals surface area contributed by atoms with E-state index in [-0.39, 0.29) is 6.04 Å². The lowest BCUT2D eigenvalue weighted by atomic mass is 10.1. The van der Waals surface area contributed by atoms with Gasteiger partial charge in [0, 0.05) is 35.8 Å². The highest BCUT2D eigenvalue weighted by Crippen LogP contribution is 2.26. The Morgan fingerprint density at radius 1 is 1.50 bits per heavy atom. The van der Waals surface area contributed by atoms with Gasteiger partial charge in [0.1, 0.15) is 0 Å². The van der Waals surface area contributed by atoms with Crippen LogP contribution in [0.3, 0.4) is 0 Å². The van der Waals surface area contributed by atoms with Crippen LogP contribution >= 0.6 is 15.9 Å². The highest BCUT2D eigenvalue weighted by atomic mass is 79.9. The van der Waals surface area contributed by atoms with E-state index in [0.717, 1.165) is 13.0 Å². The Hall–Kier alpha value is -0.580. The van der Waals surface area contributed by atoms with Gasteiger partial charge in [-0.2, -0.15) is 0 Å². The van der Waals surface area contributed by atoms with E-state index in [1.807, 2.05) is 6.92 Å². The topological polar surface area (TPSA) is 32.5 Å². The Morgan fingerprint density at radius 2 is 2.25 bits per heavy atom. The second kappa shape index (κ2) is 6.92. The predicted molar refractivity (Wildman–Crippen MR) is 90.4 cm³/mol. The molecule has 1 fully saturated rings. The maximum Gasteiger partial charge on any atom is 0.0375 e. The van der Waals surface area contributed by atoms with E-state index in [1.54, 1.807) is 0 Å². The molecular weight excluding hydrogens is 314 g/mol. The molecule has 20 heavy (non-hydrogen) atoms. The van der Waals surface area contributed by atoms with Crippen LogP contribution in [0.1, 0.15) is 25.3 Å². The number of hydrogen-bond donors (Lipinski definition) is 1. The SMILES string of the molecule is CC(N)Cc1ccc(N(C)CC2CCCN2C)cc1Br. The number of nitrogens with two attached hydrogens (primary N) is 1. The van der Waals surface area contributed by atoms with Gasteiger partial charge < -0.3 is 15.5 Å². The third-order valence-corrected chi connectivity index (χ3v) is 4.91. The van der Waals surface area contributed by atoms with Gasteiger partial charge in [-0.15, -0.1) is 0 Å². The Kier molecular flexibility index (Phi) is 5.47. The summed E-state index contributed by atoms with van der Waals surface area (Å²) in [4.78, 5) is 4.82. The molecule has 2 unspecified atom stereocenters. The second-order valence-electron chi connectivity index (χ2n) is 6.11. The third-order valence-electron chi connectivity index (χ3n) is 4.18. The zero-order valence-corrected chi connectivity index (χ0v) is 14.4. The summed E-state index contributed by atoms with van der Waals surface area (Å²) in [5.74, 6) is 0. The average molecular weight is 340 g/mol. The van der Waals surface area contributed by atoms with E-state index in [2.05, 4.69) is 58.0 Å². The van der Waals surface area contributed by atoms with Crippen molar-refractivity contribution >= 4 is 21.6 Å². The molecule has 0 saturated carbocycles. The first-order valence-corrected chi connectivity index (χ1v) is 8.22. The van der Waals surface area contributed by atoms with E-state index in [0.29, 0.717) is 6.04 Å². The van der Waals surface area contributed by atoms with Crippen molar-refractivity contribution in [1.82, 2.24) is 4.90 Å². The van der Waals surface area contributed by atoms with Gasteiger partial charge >= 0.3 is 0 Å². The van der Waals surface area contributed by atoms with Crippen LogP contribution in [0.4, 0.5) is 5.69 Å². The Morgan fingerprint density at radius 3 is 2.80 bits per heavy atom. The van der Waals surface area contributed by atoms with Crippen molar-refractivity contribution in [2.45, 2.75) is 38.3 Å². The number of halogens is 1. The molecule has 112 valence electrons. The van der Waals surface area contributed by atoms with Gasteiger partial charge in [0.15, 0.2) is 0 Å². The van der Waals surface area contributed by atoms with Crippen LogP contribution in [-0.2, 0) is 6.42 Å². The molecule has 2 N–H and O–H groups in total. The summed E-state index contributed by atoms with van der Waals surface area (Å²) >= 11 is 3.68. The first kappa shape index (κ1) is 15.8. The van der Waals surface area contributed by atoms with Gasteiger partial charge in [-0.25, -0.2) is 0 Å².